The van der Waals surface area contributed by atoms with Gasteiger partial charge in [-0.3, -0.25) is 5.32 Å². The summed E-state index contributed by atoms with van der Waals surface area (Å²) in [6.07, 6.45) is 0. The summed E-state index contributed by atoms with van der Waals surface area (Å²) >= 11 is 1.04. The molecule has 4 N–H and O–H groups in total. The molecule has 0 radical (unpaired) electrons. The number of sulfonamides is 1. The van der Waals surface area contributed by atoms with Gasteiger partial charge < -0.3 is 24.5 Å². The Bertz CT molecular complexity index is 1520. The number of anilines is 4. The van der Waals surface area contributed by atoms with E-state index in [1.807, 2.05) is 6.92 Å². The maximum atomic E-state index is 12.4. The molecule has 1 fully saturated rings. The SMILES string of the molecule is Cc1nc(Nc2nc(NCc3ccc(S(N)(=O)=O)cc3)c(C)c(N3CCOCC3)n2)sc1C(=O)OCON=[N+]=[N-]. The maximum absolute atomic E-state index is 12.4. The highest BCUT2D eigenvalue weighted by atomic mass is 32.2. The minimum atomic E-state index is -3.78. The second-order valence-electron chi connectivity index (χ2n) is 8.39. The number of rotatable bonds is 11. The molecule has 16 nitrogen and oxygen atoms in total. The first-order valence-electron chi connectivity index (χ1n) is 11.8. The van der Waals surface area contributed by atoms with Crippen molar-refractivity contribution in [2.75, 3.05) is 48.6 Å². The van der Waals surface area contributed by atoms with Crippen LogP contribution in [-0.2, 0) is 30.9 Å². The first-order valence-corrected chi connectivity index (χ1v) is 14.2. The lowest BCUT2D eigenvalue weighted by atomic mass is 10.2. The lowest BCUT2D eigenvalue weighted by Crippen LogP contribution is -2.37. The minimum absolute atomic E-state index is 0.0285. The van der Waals surface area contributed by atoms with Gasteiger partial charge in [0.25, 0.3) is 0 Å². The molecule has 0 spiro atoms. The molecule has 4 rings (SSSR count). The zero-order valence-electron chi connectivity index (χ0n) is 21.5. The van der Waals surface area contributed by atoms with Crippen LogP contribution in [0.3, 0.4) is 0 Å². The number of morpholine rings is 1. The largest absolute Gasteiger partial charge is 0.423 e. The summed E-state index contributed by atoms with van der Waals surface area (Å²) in [6, 6.07) is 6.23. The number of nitrogens with one attached hydrogen (secondary N) is 2. The predicted octanol–water partition coefficient (Wildman–Crippen LogP) is 2.75. The van der Waals surface area contributed by atoms with Gasteiger partial charge in [0, 0.05) is 30.1 Å². The number of carbonyl (C=O) groups is 1. The van der Waals surface area contributed by atoms with Crippen LogP contribution >= 0.6 is 11.3 Å². The lowest BCUT2D eigenvalue weighted by Gasteiger charge is -2.29. The first kappa shape index (κ1) is 28.8. The third-order valence-electron chi connectivity index (χ3n) is 5.68. The number of aryl methyl sites for hydroxylation is 1. The topological polar surface area (TPSA) is 220 Å². The van der Waals surface area contributed by atoms with Gasteiger partial charge in [0.2, 0.25) is 22.8 Å². The highest BCUT2D eigenvalue weighted by Crippen LogP contribution is 2.30. The van der Waals surface area contributed by atoms with Crippen molar-refractivity contribution >= 4 is 50.0 Å². The van der Waals surface area contributed by atoms with Crippen molar-refractivity contribution < 1.29 is 27.5 Å². The number of esters is 1. The maximum Gasteiger partial charge on any atom is 0.353 e. The summed E-state index contributed by atoms with van der Waals surface area (Å²) in [6.45, 7) is 5.79. The number of benzene rings is 1. The zero-order valence-corrected chi connectivity index (χ0v) is 23.2. The van der Waals surface area contributed by atoms with Crippen LogP contribution in [0.4, 0.5) is 22.7 Å². The molecule has 0 saturated carbocycles. The monoisotopic (exact) mass is 590 g/mol. The number of hydrogen-bond acceptors (Lipinski definition) is 14. The number of carbonyl (C=O) groups excluding carboxylic acids is 1. The zero-order chi connectivity index (χ0) is 28.7. The summed E-state index contributed by atoms with van der Waals surface area (Å²) in [5, 5.41) is 14.8. The van der Waals surface area contributed by atoms with Crippen LogP contribution in [0.5, 0.6) is 0 Å². The van der Waals surface area contributed by atoms with Crippen molar-refractivity contribution in [3.8, 4) is 0 Å². The molecule has 0 atom stereocenters. The molecular weight excluding hydrogens is 564 g/mol. The Hall–Kier alpha value is -4.22. The summed E-state index contributed by atoms with van der Waals surface area (Å²) in [5.41, 5.74) is 10.3. The fourth-order valence-corrected chi connectivity index (χ4v) is 5.10. The molecule has 3 aromatic rings. The predicted molar refractivity (Wildman–Crippen MR) is 146 cm³/mol. The molecule has 0 amide bonds. The third kappa shape index (κ3) is 7.25. The number of thiazole rings is 1. The average molecular weight is 591 g/mol. The van der Waals surface area contributed by atoms with Gasteiger partial charge in [-0.2, -0.15) is 9.97 Å². The number of nitrogens with zero attached hydrogens (tertiary/aromatic N) is 7. The Kier molecular flexibility index (Phi) is 9.18. The van der Waals surface area contributed by atoms with Gasteiger partial charge in [0.05, 0.1) is 23.8 Å². The standard InChI is InChI=1S/C22H26N10O6S2/c1-13-18(25-11-15-3-5-16(6-4-15)40(24,34)35)27-21(28-19(13)32-7-9-36-10-8-32)29-22-26-14(2)17(39-22)20(33)37-12-38-31-30-23/h3-6H,7-12H2,1-2H3,(H2,24,34,35)(H2,25,26,27,28,29). The van der Waals surface area contributed by atoms with Gasteiger partial charge >= 0.3 is 5.97 Å². The molecule has 0 unspecified atom stereocenters. The summed E-state index contributed by atoms with van der Waals surface area (Å²) in [7, 11) is -3.78. The molecule has 1 saturated heterocycles. The van der Waals surface area contributed by atoms with E-state index in [9.17, 15) is 13.2 Å². The minimum Gasteiger partial charge on any atom is -0.423 e. The van der Waals surface area contributed by atoms with Crippen LogP contribution in [0, 0.1) is 13.8 Å². The highest BCUT2D eigenvalue weighted by molar-refractivity contribution is 7.89. The highest BCUT2D eigenvalue weighted by Gasteiger charge is 2.21. The van der Waals surface area contributed by atoms with Crippen molar-refractivity contribution in [3.63, 3.8) is 0 Å². The molecule has 0 bridgehead atoms. The van der Waals surface area contributed by atoms with E-state index in [4.69, 9.17) is 25.1 Å². The molecule has 2 aromatic heterocycles. The number of hydrogen-bond donors (Lipinski definition) is 3. The summed E-state index contributed by atoms with van der Waals surface area (Å²) in [5.74, 6) is 0.818. The Morgan fingerprint density at radius 1 is 1.23 bits per heavy atom. The van der Waals surface area contributed by atoms with Crippen LogP contribution in [0.2, 0.25) is 0 Å². The van der Waals surface area contributed by atoms with E-state index in [-0.39, 0.29) is 15.7 Å². The number of ether oxygens (including phenoxy) is 2. The number of primary sulfonamides is 1. The van der Waals surface area contributed by atoms with E-state index in [2.05, 4.69) is 40.5 Å². The Balaban J connectivity index is 1.56. The van der Waals surface area contributed by atoms with Crippen molar-refractivity contribution in [3.05, 3.63) is 56.4 Å². The first-order chi connectivity index (χ1) is 19.2. The van der Waals surface area contributed by atoms with Gasteiger partial charge in [-0.25, -0.2) is 23.3 Å². The summed E-state index contributed by atoms with van der Waals surface area (Å²) in [4.78, 5) is 35.3. The molecular formula is C22H26N10O6S2. The van der Waals surface area contributed by atoms with Crippen molar-refractivity contribution in [1.29, 1.82) is 0 Å². The van der Waals surface area contributed by atoms with E-state index in [1.165, 1.54) is 12.1 Å². The van der Waals surface area contributed by atoms with Gasteiger partial charge in [0.15, 0.2) is 5.13 Å². The second-order valence-corrected chi connectivity index (χ2v) is 11.0. The normalized spacial score (nSPS) is 13.3. The van der Waals surface area contributed by atoms with E-state index in [0.29, 0.717) is 55.3 Å². The van der Waals surface area contributed by atoms with E-state index in [0.717, 1.165) is 22.5 Å². The van der Waals surface area contributed by atoms with Crippen molar-refractivity contribution in [1.82, 2.24) is 15.0 Å². The van der Waals surface area contributed by atoms with Crippen molar-refractivity contribution in [2.45, 2.75) is 25.3 Å². The molecule has 40 heavy (non-hydrogen) atoms. The molecule has 0 aliphatic carbocycles. The molecule has 18 heteroatoms. The van der Waals surface area contributed by atoms with Crippen LogP contribution in [0.25, 0.3) is 10.4 Å². The lowest BCUT2D eigenvalue weighted by molar-refractivity contribution is -0.0316. The van der Waals surface area contributed by atoms with Gasteiger partial charge in [-0.05, 0) is 37.1 Å². The number of azide groups is 1. The fourth-order valence-electron chi connectivity index (χ4n) is 3.73. The smallest absolute Gasteiger partial charge is 0.353 e. The van der Waals surface area contributed by atoms with E-state index < -0.39 is 22.8 Å². The quantitative estimate of drug-likeness (QED) is 0.0558. The Morgan fingerprint density at radius 3 is 2.62 bits per heavy atom. The van der Waals surface area contributed by atoms with Crippen LogP contribution in [0.15, 0.2) is 34.4 Å². The van der Waals surface area contributed by atoms with E-state index >= 15 is 0 Å². The number of aromatic nitrogens is 3. The molecule has 3 heterocycles. The Labute approximate surface area is 233 Å². The Morgan fingerprint density at radius 2 is 1.95 bits per heavy atom. The van der Waals surface area contributed by atoms with Crippen LogP contribution in [-0.4, -0.2) is 62.4 Å². The van der Waals surface area contributed by atoms with Crippen LogP contribution in [0.1, 0.15) is 26.5 Å². The fraction of sp³-hybridized carbons (Fsp3) is 0.364. The van der Waals surface area contributed by atoms with Gasteiger partial charge in [-0.1, -0.05) is 23.5 Å². The van der Waals surface area contributed by atoms with Gasteiger partial charge in [0.1, 0.15) is 21.8 Å². The number of nitrogens with two attached hydrogens (primary N) is 1. The average Bonchev–Trinajstić information content (AvgIpc) is 3.31. The van der Waals surface area contributed by atoms with Crippen molar-refractivity contribution in [2.24, 2.45) is 10.4 Å². The molecule has 1 aromatic carbocycles. The van der Waals surface area contributed by atoms with Gasteiger partial charge in [-0.15, -0.1) is 0 Å². The molecule has 212 valence electrons. The molecule has 1 aliphatic rings. The van der Waals surface area contributed by atoms with Crippen LogP contribution < -0.4 is 20.7 Å². The van der Waals surface area contributed by atoms with E-state index in [1.54, 1.807) is 19.1 Å². The summed E-state index contributed by atoms with van der Waals surface area (Å²) < 4.78 is 33.5. The second kappa shape index (κ2) is 12.8. The third-order valence-corrected chi connectivity index (χ3v) is 7.66. The molecule has 1 aliphatic heterocycles.